The van der Waals surface area contributed by atoms with Gasteiger partial charge in [0, 0.05) is 24.2 Å². The second kappa shape index (κ2) is 7.91. The molecule has 2 saturated heterocycles. The van der Waals surface area contributed by atoms with Gasteiger partial charge in [-0.25, -0.2) is 4.79 Å². The van der Waals surface area contributed by atoms with Gasteiger partial charge in [0.15, 0.2) is 0 Å². The van der Waals surface area contributed by atoms with Crippen LogP contribution in [0.3, 0.4) is 0 Å². The van der Waals surface area contributed by atoms with Crippen molar-refractivity contribution in [2.75, 3.05) is 11.9 Å². The number of carbonyl (C=O) groups excluding carboxylic acids is 3. The van der Waals surface area contributed by atoms with Crippen molar-refractivity contribution in [1.82, 2.24) is 9.80 Å². The number of aliphatic carboxylic acids is 1. The number of carbonyl (C=O) groups is 3. The van der Waals surface area contributed by atoms with Gasteiger partial charge in [-0.2, -0.15) is 5.26 Å². The Bertz CT molecular complexity index is 981. The van der Waals surface area contributed by atoms with E-state index in [4.69, 9.17) is 5.26 Å². The first-order valence-electron chi connectivity index (χ1n) is 8.65. The minimum Gasteiger partial charge on any atom is -0.543 e. The van der Waals surface area contributed by atoms with E-state index in [2.05, 4.69) is 5.32 Å². The number of carboxylic acid groups (broad SMARTS) is 1. The summed E-state index contributed by atoms with van der Waals surface area (Å²) in [5.41, 5.74) is 0.635. The first-order valence-corrected chi connectivity index (χ1v) is 8.65. The number of piperidine rings is 1. The van der Waals surface area contributed by atoms with Crippen LogP contribution < -0.4 is 40.0 Å². The zero-order valence-corrected chi connectivity index (χ0v) is 17.5. The van der Waals surface area contributed by atoms with E-state index in [1.165, 1.54) is 46.2 Å². The van der Waals surface area contributed by atoms with Crippen molar-refractivity contribution in [3.63, 3.8) is 0 Å². The van der Waals surface area contributed by atoms with Crippen LogP contribution in [0.5, 0.6) is 5.75 Å². The molecule has 3 amide bonds. The van der Waals surface area contributed by atoms with Crippen molar-refractivity contribution < 1.29 is 54.2 Å². The smallest absolute Gasteiger partial charge is 0.543 e. The number of rotatable bonds is 3. The average molecular weight is 402 g/mol. The van der Waals surface area contributed by atoms with Crippen molar-refractivity contribution in [2.45, 2.75) is 18.5 Å². The summed E-state index contributed by atoms with van der Waals surface area (Å²) < 4.78 is 0. The number of urea groups is 1. The van der Waals surface area contributed by atoms with Crippen molar-refractivity contribution in [2.24, 2.45) is 5.92 Å². The Kier molecular flexibility index (Phi) is 5.71. The maximum Gasteiger partial charge on any atom is 1.00 e. The first-order chi connectivity index (χ1) is 13.4. The Balaban J connectivity index is 0.00000240. The number of amides is 3. The SMILES string of the molecule is N#C/C=C/C1=C(C(=O)[O-])N2C(=O)[C@@H]3[C@H]2C1CCN3C(=O)Nc1ccc(O)cc1.[Na+]. The van der Waals surface area contributed by atoms with Gasteiger partial charge in [-0.15, -0.1) is 0 Å². The number of aromatic hydroxyl groups is 1. The predicted molar refractivity (Wildman–Crippen MR) is 93.1 cm³/mol. The van der Waals surface area contributed by atoms with Gasteiger partial charge in [0.05, 0.1) is 23.8 Å². The van der Waals surface area contributed by atoms with Crippen LogP contribution in [0.4, 0.5) is 10.5 Å². The molecule has 0 aliphatic carbocycles. The van der Waals surface area contributed by atoms with Gasteiger partial charge in [0.1, 0.15) is 11.8 Å². The summed E-state index contributed by atoms with van der Waals surface area (Å²) in [5, 5.41) is 32.4. The van der Waals surface area contributed by atoms with Crippen LogP contribution in [0.25, 0.3) is 0 Å². The second-order valence-corrected chi connectivity index (χ2v) is 6.76. The van der Waals surface area contributed by atoms with Crippen molar-refractivity contribution in [3.8, 4) is 11.8 Å². The molecule has 3 aliphatic heterocycles. The van der Waals surface area contributed by atoms with Gasteiger partial charge in [-0.05, 0) is 42.3 Å². The summed E-state index contributed by atoms with van der Waals surface area (Å²) >= 11 is 0. The molecule has 2 fully saturated rings. The molecule has 10 heteroatoms. The molecule has 1 unspecified atom stereocenters. The number of anilines is 1. The van der Waals surface area contributed by atoms with Crippen LogP contribution in [0.2, 0.25) is 0 Å². The standard InChI is InChI=1S/C19H16N4O5.Na/c20-8-1-2-12-13-7-9-22(19(28)21-10-3-5-11(24)6-4-10)16-14(13)23(17(16)25)15(12)18(26)27;/h1-6,13-14,16,24H,7,9H2,(H,21,28)(H,26,27);/q;+1/p-1/b2-1+;/t13?,14-,16+;/m1./s1. The van der Waals surface area contributed by atoms with Gasteiger partial charge in [-0.3, -0.25) is 4.79 Å². The fourth-order valence-electron chi connectivity index (χ4n) is 4.23. The number of nitrogens with one attached hydrogen (secondary N) is 1. The molecule has 3 atom stereocenters. The summed E-state index contributed by atoms with van der Waals surface area (Å²) in [6, 6.07) is 6.03. The largest absolute Gasteiger partial charge is 1.00 e. The Hall–Kier alpha value is -2.80. The molecule has 9 nitrogen and oxygen atoms in total. The summed E-state index contributed by atoms with van der Waals surface area (Å²) in [4.78, 5) is 39.5. The first kappa shape index (κ1) is 20.9. The molecule has 1 aromatic rings. The molecule has 29 heavy (non-hydrogen) atoms. The maximum absolute atomic E-state index is 12.7. The number of nitrogens with zero attached hydrogens (tertiary/aromatic N) is 3. The number of likely N-dealkylation sites (tertiary alicyclic amines) is 1. The number of benzene rings is 1. The van der Waals surface area contributed by atoms with E-state index in [9.17, 15) is 24.6 Å². The summed E-state index contributed by atoms with van der Waals surface area (Å²) in [6.07, 6.45) is 3.04. The Morgan fingerprint density at radius 2 is 2.00 bits per heavy atom. The number of nitriles is 1. The van der Waals surface area contributed by atoms with Gasteiger partial charge in [-0.1, -0.05) is 0 Å². The molecule has 3 heterocycles. The van der Waals surface area contributed by atoms with E-state index in [0.717, 1.165) is 0 Å². The number of phenols is 1. The quantitative estimate of drug-likeness (QED) is 0.238. The normalized spacial score (nSPS) is 24.5. The Morgan fingerprint density at radius 1 is 1.31 bits per heavy atom. The fraction of sp³-hybridized carbons (Fsp3) is 0.263. The van der Waals surface area contributed by atoms with Gasteiger partial charge >= 0.3 is 35.6 Å². The monoisotopic (exact) mass is 402 g/mol. The third-order valence-electron chi connectivity index (χ3n) is 5.37. The predicted octanol–water partition coefficient (Wildman–Crippen LogP) is -3.07. The minimum absolute atomic E-state index is 0. The van der Waals surface area contributed by atoms with Crippen LogP contribution >= 0.6 is 0 Å². The molecular weight excluding hydrogens is 387 g/mol. The molecule has 3 aliphatic rings. The van der Waals surface area contributed by atoms with E-state index in [-0.39, 0.29) is 53.5 Å². The van der Waals surface area contributed by atoms with Crippen LogP contribution in [-0.4, -0.2) is 51.4 Å². The number of β-lactam (4-membered cyclic amide) rings is 1. The molecule has 0 saturated carbocycles. The molecular formula is C19H15N4NaO5. The molecule has 0 bridgehead atoms. The molecule has 142 valence electrons. The molecule has 1 aromatic carbocycles. The minimum atomic E-state index is -1.47. The van der Waals surface area contributed by atoms with Gasteiger partial charge in [0.2, 0.25) is 0 Å². The molecule has 0 aromatic heterocycles. The van der Waals surface area contributed by atoms with Crippen molar-refractivity contribution in [3.05, 3.63) is 47.7 Å². The molecule has 0 radical (unpaired) electrons. The molecule has 0 spiro atoms. The van der Waals surface area contributed by atoms with Crippen LogP contribution in [0.1, 0.15) is 6.42 Å². The molecule has 4 rings (SSSR count). The van der Waals surface area contributed by atoms with E-state index in [1.807, 2.05) is 6.07 Å². The number of hydrogen-bond acceptors (Lipinski definition) is 6. The van der Waals surface area contributed by atoms with Crippen molar-refractivity contribution in [1.29, 1.82) is 5.26 Å². The number of hydrogen-bond donors (Lipinski definition) is 2. The summed E-state index contributed by atoms with van der Waals surface area (Å²) in [5.74, 6) is -2.15. The number of phenolic OH excluding ortho intramolecular Hbond substituents is 1. The third kappa shape index (κ3) is 3.29. The van der Waals surface area contributed by atoms with Crippen molar-refractivity contribution >= 4 is 23.6 Å². The number of carboxylic acids is 1. The summed E-state index contributed by atoms with van der Waals surface area (Å²) in [7, 11) is 0. The second-order valence-electron chi connectivity index (χ2n) is 6.76. The molecule has 2 N–H and O–H groups in total. The average Bonchev–Trinajstić information content (AvgIpc) is 3.00. The van der Waals surface area contributed by atoms with E-state index in [1.54, 1.807) is 0 Å². The van der Waals surface area contributed by atoms with Gasteiger partial charge in [0.25, 0.3) is 5.91 Å². The summed E-state index contributed by atoms with van der Waals surface area (Å²) in [6.45, 7) is 0.263. The van der Waals surface area contributed by atoms with Crippen LogP contribution in [-0.2, 0) is 9.59 Å². The number of allylic oxidation sites excluding steroid dienone is 2. The fourth-order valence-corrected chi connectivity index (χ4v) is 4.23. The van der Waals surface area contributed by atoms with E-state index in [0.29, 0.717) is 17.7 Å². The van der Waals surface area contributed by atoms with Crippen LogP contribution in [0.15, 0.2) is 47.7 Å². The third-order valence-corrected chi connectivity index (χ3v) is 5.37. The topological polar surface area (TPSA) is 137 Å². The zero-order chi connectivity index (χ0) is 20.0. The Labute approximate surface area is 188 Å². The Morgan fingerprint density at radius 3 is 2.62 bits per heavy atom. The van der Waals surface area contributed by atoms with E-state index < -0.39 is 30.0 Å². The van der Waals surface area contributed by atoms with E-state index >= 15 is 0 Å². The van der Waals surface area contributed by atoms with Gasteiger partial charge < -0.3 is 30.1 Å². The maximum atomic E-state index is 12.7. The zero-order valence-electron chi connectivity index (χ0n) is 15.5. The van der Waals surface area contributed by atoms with Crippen LogP contribution in [0, 0.1) is 17.2 Å².